The predicted octanol–water partition coefficient (Wildman–Crippen LogP) is 0.759. The molecule has 0 aromatic carbocycles. The number of hydrogen-bond acceptors (Lipinski definition) is 6. The van der Waals surface area contributed by atoms with E-state index in [1.807, 2.05) is 11.0 Å². The number of carbonyl (C=O) groups excluding carboxylic acids is 1. The van der Waals surface area contributed by atoms with E-state index in [1.54, 1.807) is 25.6 Å². The molecule has 0 unspecified atom stereocenters. The highest BCUT2D eigenvalue weighted by molar-refractivity contribution is 7.22. The topological polar surface area (TPSA) is 51.2 Å². The minimum atomic E-state index is -0.411. The van der Waals surface area contributed by atoms with Gasteiger partial charge in [-0.1, -0.05) is 0 Å². The van der Waals surface area contributed by atoms with Crippen molar-refractivity contribution in [3.05, 3.63) is 16.5 Å². The molecule has 0 radical (unpaired) electrons. The van der Waals surface area contributed by atoms with Crippen LogP contribution in [0.25, 0.3) is 0 Å². The van der Waals surface area contributed by atoms with Gasteiger partial charge < -0.3 is 18.9 Å². The largest absolute Gasteiger partial charge is 0.504 e. The molecule has 1 aromatic heterocycles. The highest BCUT2D eigenvalue weighted by Gasteiger charge is 2.45. The van der Waals surface area contributed by atoms with Crippen LogP contribution in [0.5, 0.6) is 0 Å². The smallest absolute Gasteiger partial charge is 0.410 e. The minimum absolute atomic E-state index is 0.108. The number of hydrogen-bond donors (Lipinski definition) is 0. The standard InChI is InChI=1S/C16H25BN2O4S/c1-16(2)14-12(11-13(24-14)17(21-3)22-4)15(20)19(16)6-5-18-7-9-23-10-8-18/h11H,5-10H2,1-4H3. The average molecular weight is 352 g/mol. The summed E-state index contributed by atoms with van der Waals surface area (Å²) in [5, 5.41) is 0. The molecule has 0 bridgehead atoms. The summed E-state index contributed by atoms with van der Waals surface area (Å²) in [5.41, 5.74) is 0.495. The second-order valence-electron chi connectivity index (χ2n) is 6.66. The summed E-state index contributed by atoms with van der Waals surface area (Å²) in [7, 11) is 2.81. The molecule has 1 fully saturated rings. The fourth-order valence-corrected chi connectivity index (χ4v) is 4.75. The van der Waals surface area contributed by atoms with Gasteiger partial charge in [0.25, 0.3) is 5.91 Å². The summed E-state index contributed by atoms with van der Waals surface area (Å²) in [5.74, 6) is 0.108. The van der Waals surface area contributed by atoms with Crippen LogP contribution >= 0.6 is 11.3 Å². The molecule has 0 aliphatic carbocycles. The van der Waals surface area contributed by atoms with Crippen molar-refractivity contribution < 1.29 is 18.8 Å². The summed E-state index contributed by atoms with van der Waals surface area (Å²) >= 11 is 1.61. The average Bonchev–Trinajstić information content (AvgIpc) is 3.08. The second kappa shape index (κ2) is 7.13. The normalized spacial score (nSPS) is 20.5. The Morgan fingerprint density at radius 1 is 1.25 bits per heavy atom. The third-order valence-electron chi connectivity index (χ3n) is 4.86. The first-order valence-electron chi connectivity index (χ1n) is 8.31. The quantitative estimate of drug-likeness (QED) is 0.708. The van der Waals surface area contributed by atoms with Crippen molar-refractivity contribution >= 4 is 29.1 Å². The number of fused-ring (bicyclic) bond motifs is 1. The number of rotatable bonds is 6. The van der Waals surface area contributed by atoms with Crippen LogP contribution in [0, 0.1) is 0 Å². The zero-order valence-electron chi connectivity index (χ0n) is 14.8. The molecular formula is C16H25BN2O4S. The van der Waals surface area contributed by atoms with Crippen LogP contribution in [0.15, 0.2) is 6.07 Å². The van der Waals surface area contributed by atoms with Crippen molar-refractivity contribution in [2.75, 3.05) is 53.6 Å². The van der Waals surface area contributed by atoms with Crippen molar-refractivity contribution in [2.24, 2.45) is 0 Å². The molecule has 2 aliphatic rings. The Morgan fingerprint density at radius 2 is 1.92 bits per heavy atom. The molecule has 0 atom stereocenters. The second-order valence-corrected chi connectivity index (χ2v) is 7.75. The van der Waals surface area contributed by atoms with Gasteiger partial charge in [0, 0.05) is 50.1 Å². The van der Waals surface area contributed by atoms with Crippen LogP contribution in [0.3, 0.4) is 0 Å². The van der Waals surface area contributed by atoms with E-state index < -0.39 is 7.12 Å². The molecule has 24 heavy (non-hydrogen) atoms. The summed E-state index contributed by atoms with van der Waals surface area (Å²) in [6, 6.07) is 1.93. The van der Waals surface area contributed by atoms with Crippen molar-refractivity contribution in [2.45, 2.75) is 19.4 Å². The lowest BCUT2D eigenvalue weighted by atomic mass is 9.87. The first-order valence-corrected chi connectivity index (χ1v) is 9.12. The summed E-state index contributed by atoms with van der Waals surface area (Å²) in [4.78, 5) is 18.4. The molecule has 0 spiro atoms. The molecule has 2 aliphatic heterocycles. The molecule has 8 heteroatoms. The molecule has 0 saturated carbocycles. The number of ether oxygens (including phenoxy) is 1. The van der Waals surface area contributed by atoms with Gasteiger partial charge in [-0.25, -0.2) is 0 Å². The van der Waals surface area contributed by atoms with Crippen molar-refractivity contribution in [3.63, 3.8) is 0 Å². The first kappa shape index (κ1) is 17.9. The van der Waals surface area contributed by atoms with E-state index in [2.05, 4.69) is 18.7 Å². The highest BCUT2D eigenvalue weighted by atomic mass is 32.1. The molecule has 1 aromatic rings. The molecule has 6 nitrogen and oxygen atoms in total. The van der Waals surface area contributed by atoms with Gasteiger partial charge in [0.2, 0.25) is 0 Å². The van der Waals surface area contributed by atoms with Gasteiger partial charge in [0.1, 0.15) is 0 Å². The Labute approximate surface area is 147 Å². The lowest BCUT2D eigenvalue weighted by molar-refractivity contribution is 0.0263. The number of amides is 1. The maximum absolute atomic E-state index is 12.9. The monoisotopic (exact) mass is 352 g/mol. The van der Waals surface area contributed by atoms with Crippen molar-refractivity contribution in [3.8, 4) is 0 Å². The van der Waals surface area contributed by atoms with Crippen LogP contribution in [-0.4, -0.2) is 76.4 Å². The van der Waals surface area contributed by atoms with Crippen LogP contribution < -0.4 is 4.78 Å². The van der Waals surface area contributed by atoms with Gasteiger partial charge in [-0.2, -0.15) is 0 Å². The molecule has 1 amide bonds. The van der Waals surface area contributed by atoms with E-state index in [0.717, 1.165) is 54.6 Å². The predicted molar refractivity (Wildman–Crippen MR) is 95.0 cm³/mol. The summed E-state index contributed by atoms with van der Waals surface area (Å²) in [6.45, 7) is 9.30. The number of morpholine rings is 1. The SMILES string of the molecule is COB(OC)c1cc2c(s1)C(C)(C)N(CCN1CCOCC1)C2=O. The van der Waals surface area contributed by atoms with Gasteiger partial charge in [-0.05, 0) is 19.9 Å². The Hall–Kier alpha value is -0.925. The van der Waals surface area contributed by atoms with E-state index in [1.165, 1.54) is 0 Å². The van der Waals surface area contributed by atoms with Gasteiger partial charge in [0.05, 0.1) is 24.3 Å². The lowest BCUT2D eigenvalue weighted by Crippen LogP contribution is -2.46. The van der Waals surface area contributed by atoms with Gasteiger partial charge in [-0.3, -0.25) is 9.69 Å². The number of thiophene rings is 1. The Balaban J connectivity index is 1.74. The van der Waals surface area contributed by atoms with E-state index in [0.29, 0.717) is 0 Å². The first-order chi connectivity index (χ1) is 11.5. The molecule has 3 rings (SSSR count). The van der Waals surface area contributed by atoms with Crippen LogP contribution in [-0.2, 0) is 19.6 Å². The zero-order chi connectivity index (χ0) is 17.3. The van der Waals surface area contributed by atoms with E-state index in [-0.39, 0.29) is 11.4 Å². The lowest BCUT2D eigenvalue weighted by Gasteiger charge is -2.35. The molecule has 1 saturated heterocycles. The third kappa shape index (κ3) is 3.13. The van der Waals surface area contributed by atoms with Gasteiger partial charge in [0.15, 0.2) is 0 Å². The summed E-state index contributed by atoms with van der Waals surface area (Å²) in [6.07, 6.45) is 0. The molecule has 132 valence electrons. The maximum atomic E-state index is 12.9. The maximum Gasteiger partial charge on any atom is 0.504 e. The summed E-state index contributed by atoms with van der Waals surface area (Å²) < 4.78 is 17.0. The Kier molecular flexibility index (Phi) is 5.32. The van der Waals surface area contributed by atoms with Crippen molar-refractivity contribution in [1.82, 2.24) is 9.80 Å². The third-order valence-corrected chi connectivity index (χ3v) is 6.33. The highest BCUT2D eigenvalue weighted by Crippen LogP contribution is 2.41. The fraction of sp³-hybridized carbons (Fsp3) is 0.688. The van der Waals surface area contributed by atoms with Crippen molar-refractivity contribution in [1.29, 1.82) is 0 Å². The Bertz CT molecular complexity index is 597. The van der Waals surface area contributed by atoms with Crippen LogP contribution in [0.1, 0.15) is 29.1 Å². The molecule has 0 N–H and O–H groups in total. The van der Waals surface area contributed by atoms with E-state index in [9.17, 15) is 4.79 Å². The van der Waals surface area contributed by atoms with Gasteiger partial charge in [-0.15, -0.1) is 11.3 Å². The van der Waals surface area contributed by atoms with E-state index in [4.69, 9.17) is 14.0 Å². The minimum Gasteiger partial charge on any atom is -0.410 e. The number of nitrogens with zero attached hydrogens (tertiary/aromatic N) is 2. The molecule has 3 heterocycles. The Morgan fingerprint density at radius 3 is 2.50 bits per heavy atom. The van der Waals surface area contributed by atoms with Crippen LogP contribution in [0.2, 0.25) is 0 Å². The molecular weight excluding hydrogens is 327 g/mol. The van der Waals surface area contributed by atoms with Gasteiger partial charge >= 0.3 is 7.12 Å². The van der Waals surface area contributed by atoms with E-state index >= 15 is 0 Å². The van der Waals surface area contributed by atoms with Crippen LogP contribution in [0.4, 0.5) is 0 Å². The zero-order valence-corrected chi connectivity index (χ0v) is 15.6. The fourth-order valence-electron chi connectivity index (χ4n) is 3.44. The number of carbonyl (C=O) groups is 1.